The highest BCUT2D eigenvalue weighted by Crippen LogP contribution is 2.25. The van der Waals surface area contributed by atoms with Gasteiger partial charge in [-0.3, -0.25) is 9.59 Å². The van der Waals surface area contributed by atoms with Crippen LogP contribution in [0.3, 0.4) is 0 Å². The minimum atomic E-state index is -0.772. The van der Waals surface area contributed by atoms with Crippen LogP contribution in [0.2, 0.25) is 5.02 Å². The number of anilines is 1. The summed E-state index contributed by atoms with van der Waals surface area (Å²) >= 11 is 6.09. The predicted octanol–water partition coefficient (Wildman–Crippen LogP) is 3.00. The molecule has 0 saturated heterocycles. The summed E-state index contributed by atoms with van der Waals surface area (Å²) in [6.45, 7) is 0. The quantitative estimate of drug-likeness (QED) is 0.630. The van der Waals surface area contributed by atoms with E-state index in [0.717, 1.165) is 12.8 Å². The van der Waals surface area contributed by atoms with E-state index in [1.807, 2.05) is 0 Å². The Kier molecular flexibility index (Phi) is 5.66. The zero-order chi connectivity index (χ0) is 18.7. The van der Waals surface area contributed by atoms with E-state index >= 15 is 0 Å². The summed E-state index contributed by atoms with van der Waals surface area (Å²) in [5.74, 6) is -1.33. The number of hydrogen-bond donors (Lipinski definition) is 4. The molecule has 3 amide bonds. The van der Waals surface area contributed by atoms with Gasteiger partial charge in [-0.25, -0.2) is 4.79 Å². The van der Waals surface area contributed by atoms with Gasteiger partial charge in [0.05, 0.1) is 16.5 Å². The third-order valence-electron chi connectivity index (χ3n) is 4.79. The van der Waals surface area contributed by atoms with E-state index in [2.05, 4.69) is 16.0 Å². The van der Waals surface area contributed by atoms with Gasteiger partial charge in [0.2, 0.25) is 0 Å². The van der Waals surface area contributed by atoms with Gasteiger partial charge in [0.15, 0.2) is 0 Å². The number of carboxylic acid groups (broad SMARTS) is 1. The molecule has 0 atom stereocenters. The normalized spacial score (nSPS) is 22.3. The molecular weight excluding hydrogens is 358 g/mol. The van der Waals surface area contributed by atoms with Gasteiger partial charge >= 0.3 is 12.0 Å². The van der Waals surface area contributed by atoms with Gasteiger partial charge in [0, 0.05) is 17.8 Å². The number of rotatable bonds is 5. The van der Waals surface area contributed by atoms with Gasteiger partial charge in [0.1, 0.15) is 0 Å². The minimum absolute atomic E-state index is 0.0458. The highest BCUT2D eigenvalue weighted by molar-refractivity contribution is 6.34. The van der Waals surface area contributed by atoms with Crippen molar-refractivity contribution in [1.82, 2.24) is 10.6 Å². The van der Waals surface area contributed by atoms with Crippen LogP contribution in [-0.4, -0.2) is 35.1 Å². The van der Waals surface area contributed by atoms with Crippen LogP contribution in [0, 0.1) is 5.92 Å². The molecule has 1 aromatic carbocycles. The SMILES string of the molecule is O=C(Nc1ccc(Cl)c(C(=O)NC2CC2)c1)NC1CCC(C(=O)O)CC1. The van der Waals surface area contributed by atoms with Crippen LogP contribution in [-0.2, 0) is 4.79 Å². The Bertz CT molecular complexity index is 712. The molecule has 1 aromatic rings. The Morgan fingerprint density at radius 1 is 0.962 bits per heavy atom. The molecule has 0 heterocycles. The summed E-state index contributed by atoms with van der Waals surface area (Å²) in [6, 6.07) is 4.57. The lowest BCUT2D eigenvalue weighted by atomic mass is 9.86. The molecule has 2 aliphatic carbocycles. The van der Waals surface area contributed by atoms with Crippen LogP contribution in [0.15, 0.2) is 18.2 Å². The molecule has 2 fully saturated rings. The second kappa shape index (κ2) is 7.95. The van der Waals surface area contributed by atoms with Crippen molar-refractivity contribution in [2.24, 2.45) is 5.92 Å². The predicted molar refractivity (Wildman–Crippen MR) is 97.5 cm³/mol. The summed E-state index contributed by atoms with van der Waals surface area (Å²) in [6.07, 6.45) is 4.36. The molecule has 0 aromatic heterocycles. The molecule has 4 N–H and O–H groups in total. The molecule has 0 aliphatic heterocycles. The van der Waals surface area contributed by atoms with Crippen molar-refractivity contribution < 1.29 is 19.5 Å². The van der Waals surface area contributed by atoms with Crippen LogP contribution in [0.5, 0.6) is 0 Å². The maximum atomic E-state index is 12.2. The van der Waals surface area contributed by atoms with Crippen LogP contribution >= 0.6 is 11.6 Å². The number of nitrogens with one attached hydrogen (secondary N) is 3. The summed E-state index contributed by atoms with van der Waals surface area (Å²) in [5.41, 5.74) is 0.811. The van der Waals surface area contributed by atoms with E-state index in [4.69, 9.17) is 16.7 Å². The lowest BCUT2D eigenvalue weighted by Crippen LogP contribution is -2.41. The third-order valence-corrected chi connectivity index (χ3v) is 5.12. The van der Waals surface area contributed by atoms with E-state index in [0.29, 0.717) is 42.0 Å². The fourth-order valence-electron chi connectivity index (χ4n) is 3.11. The molecule has 8 heteroatoms. The fourth-order valence-corrected chi connectivity index (χ4v) is 3.31. The molecule has 2 saturated carbocycles. The lowest BCUT2D eigenvalue weighted by molar-refractivity contribution is -0.142. The molecule has 0 radical (unpaired) electrons. The summed E-state index contributed by atoms with van der Waals surface area (Å²) in [5, 5.41) is 17.8. The monoisotopic (exact) mass is 379 g/mol. The smallest absolute Gasteiger partial charge is 0.319 e. The molecule has 7 nitrogen and oxygen atoms in total. The van der Waals surface area contributed by atoms with E-state index in [-0.39, 0.29) is 29.9 Å². The Hall–Kier alpha value is -2.28. The first-order valence-corrected chi connectivity index (χ1v) is 9.21. The van der Waals surface area contributed by atoms with Gasteiger partial charge in [-0.05, 0) is 56.7 Å². The number of halogens is 1. The zero-order valence-electron chi connectivity index (χ0n) is 14.3. The number of hydrogen-bond acceptors (Lipinski definition) is 3. The number of benzene rings is 1. The van der Waals surface area contributed by atoms with E-state index in [1.54, 1.807) is 18.2 Å². The molecule has 2 aliphatic rings. The average Bonchev–Trinajstić information content (AvgIpc) is 3.41. The molecule has 26 heavy (non-hydrogen) atoms. The van der Waals surface area contributed by atoms with E-state index in [1.165, 1.54) is 0 Å². The zero-order valence-corrected chi connectivity index (χ0v) is 15.0. The van der Waals surface area contributed by atoms with Crippen LogP contribution < -0.4 is 16.0 Å². The number of amides is 3. The van der Waals surface area contributed by atoms with Crippen molar-refractivity contribution >= 4 is 35.2 Å². The van der Waals surface area contributed by atoms with Crippen molar-refractivity contribution in [2.45, 2.75) is 50.6 Å². The topological polar surface area (TPSA) is 108 Å². The van der Waals surface area contributed by atoms with E-state index < -0.39 is 5.97 Å². The van der Waals surface area contributed by atoms with Crippen LogP contribution in [0.1, 0.15) is 48.9 Å². The standard InChI is InChI=1S/C18H22ClN3O4/c19-15-8-7-13(9-14(15)16(23)20-11-5-6-11)22-18(26)21-12-3-1-10(2-4-12)17(24)25/h7-12H,1-6H2,(H,20,23)(H,24,25)(H2,21,22,26). The fraction of sp³-hybridized carbons (Fsp3) is 0.500. The highest BCUT2D eigenvalue weighted by atomic mass is 35.5. The molecule has 0 unspecified atom stereocenters. The maximum Gasteiger partial charge on any atom is 0.319 e. The Balaban J connectivity index is 1.54. The summed E-state index contributed by atoms with van der Waals surface area (Å²) in [4.78, 5) is 35.3. The second-order valence-corrected chi connectivity index (χ2v) is 7.33. The van der Waals surface area contributed by atoms with Gasteiger partial charge in [-0.1, -0.05) is 11.6 Å². The first kappa shape index (κ1) is 18.5. The van der Waals surface area contributed by atoms with Crippen molar-refractivity contribution in [3.8, 4) is 0 Å². The molecular formula is C18H22ClN3O4. The lowest BCUT2D eigenvalue weighted by Gasteiger charge is -2.26. The molecule has 3 rings (SSSR count). The number of carboxylic acids is 1. The maximum absolute atomic E-state index is 12.2. The number of urea groups is 1. The number of aliphatic carboxylic acids is 1. The average molecular weight is 380 g/mol. The summed E-state index contributed by atoms with van der Waals surface area (Å²) in [7, 11) is 0. The summed E-state index contributed by atoms with van der Waals surface area (Å²) < 4.78 is 0. The Labute approximate surface area is 156 Å². The van der Waals surface area contributed by atoms with Crippen molar-refractivity contribution in [1.29, 1.82) is 0 Å². The van der Waals surface area contributed by atoms with Gasteiger partial charge in [0.25, 0.3) is 5.91 Å². The highest BCUT2D eigenvalue weighted by Gasteiger charge is 2.27. The first-order valence-electron chi connectivity index (χ1n) is 8.83. The van der Waals surface area contributed by atoms with Crippen molar-refractivity contribution in [3.63, 3.8) is 0 Å². The largest absolute Gasteiger partial charge is 0.481 e. The molecule has 140 valence electrons. The van der Waals surface area contributed by atoms with Gasteiger partial charge in [-0.15, -0.1) is 0 Å². The van der Waals surface area contributed by atoms with Crippen LogP contribution in [0.4, 0.5) is 10.5 Å². The van der Waals surface area contributed by atoms with Crippen molar-refractivity contribution in [2.75, 3.05) is 5.32 Å². The van der Waals surface area contributed by atoms with Gasteiger partial charge < -0.3 is 21.1 Å². The van der Waals surface area contributed by atoms with Crippen molar-refractivity contribution in [3.05, 3.63) is 28.8 Å². The number of carbonyl (C=O) groups is 3. The Morgan fingerprint density at radius 3 is 2.19 bits per heavy atom. The molecule has 0 bridgehead atoms. The van der Waals surface area contributed by atoms with Crippen LogP contribution in [0.25, 0.3) is 0 Å². The van der Waals surface area contributed by atoms with Gasteiger partial charge in [-0.2, -0.15) is 0 Å². The number of carbonyl (C=O) groups excluding carboxylic acids is 2. The Morgan fingerprint density at radius 2 is 1.58 bits per heavy atom. The third kappa shape index (κ3) is 4.88. The minimum Gasteiger partial charge on any atom is -0.481 e. The molecule has 0 spiro atoms. The second-order valence-electron chi connectivity index (χ2n) is 6.93. The van der Waals surface area contributed by atoms with E-state index in [9.17, 15) is 14.4 Å². The first-order chi connectivity index (χ1) is 12.4.